The summed E-state index contributed by atoms with van der Waals surface area (Å²) in [7, 11) is 0. The summed E-state index contributed by atoms with van der Waals surface area (Å²) in [4.78, 5) is 24.0. The van der Waals surface area contributed by atoms with Gasteiger partial charge < -0.3 is 5.41 Å². The molecule has 0 aromatic carbocycles. The molecule has 4 heteroatoms. The van der Waals surface area contributed by atoms with Crippen LogP contribution in [0.3, 0.4) is 0 Å². The Kier molecular flexibility index (Phi) is 6.76. The zero-order valence-corrected chi connectivity index (χ0v) is 13.0. The molecule has 3 nitrogen and oxygen atoms in total. The molecule has 0 radical (unpaired) electrons. The SMILES string of the molecule is CCCC(=O)[C@H]1C(=N)C[C@H](C[C@H](C)SCC)CC1=O. The van der Waals surface area contributed by atoms with Gasteiger partial charge in [0, 0.05) is 23.8 Å². The minimum absolute atomic E-state index is 0.0200. The Morgan fingerprint density at radius 1 is 1.42 bits per heavy atom. The van der Waals surface area contributed by atoms with E-state index in [9.17, 15) is 9.59 Å². The summed E-state index contributed by atoms with van der Waals surface area (Å²) in [6.07, 6.45) is 3.26. The highest BCUT2D eigenvalue weighted by atomic mass is 32.2. The fraction of sp³-hybridized carbons (Fsp3) is 0.800. The molecule has 0 heterocycles. The van der Waals surface area contributed by atoms with Crippen molar-refractivity contribution in [3.8, 4) is 0 Å². The largest absolute Gasteiger partial charge is 0.308 e. The van der Waals surface area contributed by atoms with Gasteiger partial charge >= 0.3 is 0 Å². The fourth-order valence-electron chi connectivity index (χ4n) is 2.85. The fourth-order valence-corrected chi connectivity index (χ4v) is 3.83. The first-order valence-electron chi connectivity index (χ1n) is 7.23. The number of rotatable bonds is 7. The van der Waals surface area contributed by atoms with Gasteiger partial charge in [0.2, 0.25) is 0 Å². The quantitative estimate of drug-likeness (QED) is 0.727. The Labute approximate surface area is 120 Å². The molecule has 1 aliphatic carbocycles. The highest BCUT2D eigenvalue weighted by Crippen LogP contribution is 2.31. The molecular weight excluding hydrogens is 258 g/mol. The van der Waals surface area contributed by atoms with Crippen LogP contribution in [0.2, 0.25) is 0 Å². The van der Waals surface area contributed by atoms with Crippen molar-refractivity contribution in [1.82, 2.24) is 0 Å². The van der Waals surface area contributed by atoms with Crippen LogP contribution in [0.4, 0.5) is 0 Å². The smallest absolute Gasteiger partial charge is 0.149 e. The molecule has 0 aromatic heterocycles. The van der Waals surface area contributed by atoms with Crippen LogP contribution in [0.5, 0.6) is 0 Å². The van der Waals surface area contributed by atoms with Crippen LogP contribution in [0.25, 0.3) is 0 Å². The highest BCUT2D eigenvalue weighted by Gasteiger charge is 2.37. The normalized spacial score (nSPS) is 25.4. The predicted octanol–water partition coefficient (Wildman–Crippen LogP) is 3.50. The van der Waals surface area contributed by atoms with Crippen LogP contribution in [0.1, 0.15) is 52.9 Å². The summed E-state index contributed by atoms with van der Waals surface area (Å²) in [5.41, 5.74) is 0.355. The first-order chi connectivity index (χ1) is 8.99. The number of carbonyl (C=O) groups excluding carboxylic acids is 2. The van der Waals surface area contributed by atoms with Crippen molar-refractivity contribution in [1.29, 1.82) is 5.41 Å². The number of Topliss-reactive ketones (excluding diaryl/α,β-unsaturated/α-hetero) is 2. The standard InChI is InChI=1S/C15H25NO2S/c1-4-6-13(17)15-12(16)8-11(9-14(15)18)7-10(3)19-5-2/h10-11,15-16H,4-9H2,1-3H3/t10-,11-,15+/m0/s1. The third-order valence-electron chi connectivity index (χ3n) is 3.60. The van der Waals surface area contributed by atoms with Gasteiger partial charge in [-0.2, -0.15) is 11.8 Å². The van der Waals surface area contributed by atoms with Gasteiger partial charge in [0.15, 0.2) is 0 Å². The Bertz CT molecular complexity index is 336. The van der Waals surface area contributed by atoms with Gasteiger partial charge in [-0.25, -0.2) is 0 Å². The van der Waals surface area contributed by atoms with Crippen LogP contribution in [-0.2, 0) is 9.59 Å². The van der Waals surface area contributed by atoms with Gasteiger partial charge in [-0.05, 0) is 30.9 Å². The molecule has 19 heavy (non-hydrogen) atoms. The summed E-state index contributed by atoms with van der Waals surface area (Å²) in [5, 5.41) is 8.54. The van der Waals surface area contributed by atoms with Gasteiger partial charge in [-0.15, -0.1) is 0 Å². The van der Waals surface area contributed by atoms with Crippen molar-refractivity contribution >= 4 is 29.0 Å². The molecule has 1 N–H and O–H groups in total. The van der Waals surface area contributed by atoms with Crippen molar-refractivity contribution in [2.75, 3.05) is 5.75 Å². The third kappa shape index (κ3) is 4.75. The van der Waals surface area contributed by atoms with Crippen LogP contribution in [-0.4, -0.2) is 28.3 Å². The van der Waals surface area contributed by atoms with Gasteiger partial charge in [0.25, 0.3) is 0 Å². The van der Waals surface area contributed by atoms with E-state index < -0.39 is 5.92 Å². The van der Waals surface area contributed by atoms with Crippen LogP contribution in [0, 0.1) is 17.2 Å². The first kappa shape index (κ1) is 16.4. The Hall–Kier alpha value is -0.640. The maximum Gasteiger partial charge on any atom is 0.149 e. The summed E-state index contributed by atoms with van der Waals surface area (Å²) < 4.78 is 0. The minimum Gasteiger partial charge on any atom is -0.308 e. The van der Waals surface area contributed by atoms with Gasteiger partial charge in [-0.3, -0.25) is 9.59 Å². The average molecular weight is 283 g/mol. The molecule has 0 bridgehead atoms. The van der Waals surface area contributed by atoms with Crippen LogP contribution in [0.15, 0.2) is 0 Å². The first-order valence-corrected chi connectivity index (χ1v) is 8.28. The van der Waals surface area contributed by atoms with Crippen molar-refractivity contribution in [3.63, 3.8) is 0 Å². The Morgan fingerprint density at radius 2 is 2.11 bits per heavy atom. The number of hydrogen-bond donors (Lipinski definition) is 1. The Balaban J connectivity index is 2.58. The second kappa shape index (κ2) is 7.83. The molecule has 108 valence electrons. The monoisotopic (exact) mass is 283 g/mol. The van der Waals surface area contributed by atoms with E-state index in [2.05, 4.69) is 13.8 Å². The number of ketones is 2. The number of nitrogens with one attached hydrogen (secondary N) is 1. The molecule has 0 aromatic rings. The molecule has 1 aliphatic rings. The van der Waals surface area contributed by atoms with E-state index in [4.69, 9.17) is 5.41 Å². The molecule has 1 saturated carbocycles. The van der Waals surface area contributed by atoms with E-state index >= 15 is 0 Å². The van der Waals surface area contributed by atoms with Crippen molar-refractivity contribution in [2.45, 2.75) is 58.1 Å². The second-order valence-corrected chi connectivity index (χ2v) is 7.13. The number of hydrogen-bond acceptors (Lipinski definition) is 4. The lowest BCUT2D eigenvalue weighted by atomic mass is 9.75. The minimum atomic E-state index is -0.717. The van der Waals surface area contributed by atoms with Gasteiger partial charge in [-0.1, -0.05) is 20.8 Å². The van der Waals surface area contributed by atoms with E-state index in [0.29, 0.717) is 30.2 Å². The number of thioether (sulfide) groups is 1. The molecule has 0 spiro atoms. The van der Waals surface area contributed by atoms with Crippen molar-refractivity contribution < 1.29 is 9.59 Å². The lowest BCUT2D eigenvalue weighted by Crippen LogP contribution is -2.38. The molecule has 0 aliphatic heterocycles. The maximum absolute atomic E-state index is 12.1. The van der Waals surface area contributed by atoms with Crippen LogP contribution >= 0.6 is 11.8 Å². The zero-order valence-electron chi connectivity index (χ0n) is 12.2. The number of carbonyl (C=O) groups is 2. The molecule has 0 unspecified atom stereocenters. The average Bonchev–Trinajstić information content (AvgIpc) is 2.28. The molecule has 3 atom stereocenters. The van der Waals surface area contributed by atoms with E-state index in [1.54, 1.807) is 0 Å². The predicted molar refractivity (Wildman–Crippen MR) is 81.1 cm³/mol. The third-order valence-corrected chi connectivity index (χ3v) is 4.70. The second-order valence-electron chi connectivity index (χ2n) is 5.42. The van der Waals surface area contributed by atoms with E-state index in [0.717, 1.165) is 18.6 Å². The van der Waals surface area contributed by atoms with E-state index in [1.165, 1.54) is 0 Å². The van der Waals surface area contributed by atoms with Crippen LogP contribution < -0.4 is 0 Å². The van der Waals surface area contributed by atoms with Crippen molar-refractivity contribution in [3.05, 3.63) is 0 Å². The molecule has 0 saturated heterocycles. The zero-order chi connectivity index (χ0) is 14.4. The summed E-state index contributed by atoms with van der Waals surface area (Å²) in [6, 6.07) is 0. The van der Waals surface area contributed by atoms with E-state index in [-0.39, 0.29) is 17.5 Å². The molecule has 0 amide bonds. The summed E-state index contributed by atoms with van der Waals surface area (Å²) >= 11 is 1.89. The highest BCUT2D eigenvalue weighted by molar-refractivity contribution is 7.99. The summed E-state index contributed by atoms with van der Waals surface area (Å²) in [6.45, 7) is 6.24. The molecular formula is C15H25NO2S. The molecule has 1 fully saturated rings. The van der Waals surface area contributed by atoms with Gasteiger partial charge in [0.1, 0.15) is 17.5 Å². The summed E-state index contributed by atoms with van der Waals surface area (Å²) in [5.74, 6) is 0.557. The van der Waals surface area contributed by atoms with E-state index in [1.807, 2.05) is 18.7 Å². The maximum atomic E-state index is 12.1. The van der Waals surface area contributed by atoms with Crippen molar-refractivity contribution in [2.24, 2.45) is 11.8 Å². The lowest BCUT2D eigenvalue weighted by Gasteiger charge is -2.29. The lowest BCUT2D eigenvalue weighted by molar-refractivity contribution is -0.131. The Morgan fingerprint density at radius 3 is 2.63 bits per heavy atom. The topological polar surface area (TPSA) is 58.0 Å². The molecule has 1 rings (SSSR count). The van der Waals surface area contributed by atoms with Gasteiger partial charge in [0.05, 0.1) is 0 Å².